The number of nitrogen functional groups attached to an aromatic ring is 1. The molecule has 0 saturated carbocycles. The van der Waals surface area contributed by atoms with Crippen molar-refractivity contribution in [2.45, 2.75) is 13.3 Å². The molecule has 0 saturated heterocycles. The number of phenolic OH excluding ortho intramolecular Hbond substituents is 1. The van der Waals surface area contributed by atoms with Crippen LogP contribution in [0.5, 0.6) is 5.75 Å². The Morgan fingerprint density at radius 1 is 1.30 bits per heavy atom. The Morgan fingerprint density at radius 3 is 2.70 bits per heavy atom. The van der Waals surface area contributed by atoms with Crippen LogP contribution in [0.3, 0.4) is 0 Å². The highest BCUT2D eigenvalue weighted by Gasteiger charge is 2.11. The van der Waals surface area contributed by atoms with Crippen molar-refractivity contribution in [1.82, 2.24) is 0 Å². The van der Waals surface area contributed by atoms with E-state index in [-0.39, 0.29) is 17.0 Å². The number of rotatable bonds is 3. The Hall–Kier alpha value is -2.56. The first-order valence-electron chi connectivity index (χ1n) is 6.19. The highest BCUT2D eigenvalue weighted by atomic mass is 19.1. The summed E-state index contributed by atoms with van der Waals surface area (Å²) >= 11 is 0. The molecule has 20 heavy (non-hydrogen) atoms. The van der Waals surface area contributed by atoms with Gasteiger partial charge in [0.15, 0.2) is 0 Å². The molecule has 0 atom stereocenters. The van der Waals surface area contributed by atoms with Crippen LogP contribution in [-0.4, -0.2) is 11.0 Å². The fourth-order valence-electron chi connectivity index (χ4n) is 1.77. The maximum Gasteiger partial charge on any atom is 0.255 e. The molecule has 0 aliphatic heterocycles. The highest BCUT2D eigenvalue weighted by Crippen LogP contribution is 2.25. The molecule has 0 spiro atoms. The number of carbonyl (C=O) groups is 1. The van der Waals surface area contributed by atoms with Crippen LogP contribution in [0.1, 0.15) is 22.8 Å². The van der Waals surface area contributed by atoms with E-state index in [9.17, 15) is 14.3 Å². The lowest BCUT2D eigenvalue weighted by molar-refractivity contribution is 0.102. The number of halogens is 1. The van der Waals surface area contributed by atoms with Gasteiger partial charge in [0.2, 0.25) is 0 Å². The number of aryl methyl sites for hydroxylation is 1. The van der Waals surface area contributed by atoms with E-state index in [0.29, 0.717) is 5.69 Å². The molecule has 2 aromatic rings. The first kappa shape index (κ1) is 13.9. The molecule has 0 aliphatic rings. The van der Waals surface area contributed by atoms with Gasteiger partial charge in [0.1, 0.15) is 11.6 Å². The normalized spacial score (nSPS) is 10.3. The summed E-state index contributed by atoms with van der Waals surface area (Å²) in [7, 11) is 0. The van der Waals surface area contributed by atoms with E-state index >= 15 is 0 Å². The summed E-state index contributed by atoms with van der Waals surface area (Å²) in [4.78, 5) is 12.0. The number of nitrogens with two attached hydrogens (primary N) is 1. The Bertz CT molecular complexity index is 656. The summed E-state index contributed by atoms with van der Waals surface area (Å²) in [6, 6.07) is 8.78. The number of hydrogen-bond donors (Lipinski definition) is 3. The third kappa shape index (κ3) is 2.88. The average molecular weight is 274 g/mol. The molecule has 0 radical (unpaired) electrons. The fourth-order valence-corrected chi connectivity index (χ4v) is 1.77. The number of benzene rings is 2. The number of nitrogens with one attached hydrogen (secondary N) is 1. The maximum absolute atomic E-state index is 13.3. The van der Waals surface area contributed by atoms with Crippen LogP contribution in [0, 0.1) is 5.82 Å². The molecule has 0 unspecified atom stereocenters. The van der Waals surface area contributed by atoms with Gasteiger partial charge in [-0.3, -0.25) is 4.79 Å². The number of phenols is 1. The first-order chi connectivity index (χ1) is 9.51. The average Bonchev–Trinajstić information content (AvgIpc) is 2.44. The largest absolute Gasteiger partial charge is 0.506 e. The minimum Gasteiger partial charge on any atom is -0.506 e. The van der Waals surface area contributed by atoms with E-state index in [1.165, 1.54) is 18.2 Å². The molecule has 1 amide bonds. The van der Waals surface area contributed by atoms with Gasteiger partial charge in [-0.2, -0.15) is 0 Å². The highest BCUT2D eigenvalue weighted by molar-refractivity contribution is 6.05. The smallest absolute Gasteiger partial charge is 0.255 e. The maximum atomic E-state index is 13.3. The van der Waals surface area contributed by atoms with Crippen molar-refractivity contribution in [2.75, 3.05) is 11.1 Å². The van der Waals surface area contributed by atoms with Crippen molar-refractivity contribution >= 4 is 17.3 Å². The molecular formula is C15H15FN2O2. The second-order valence-corrected chi connectivity index (χ2v) is 4.40. The van der Waals surface area contributed by atoms with Gasteiger partial charge in [0.05, 0.1) is 11.4 Å². The van der Waals surface area contributed by atoms with E-state index < -0.39 is 11.7 Å². The Morgan fingerprint density at radius 2 is 2.05 bits per heavy atom. The molecule has 0 heterocycles. The lowest BCUT2D eigenvalue weighted by Crippen LogP contribution is -2.12. The van der Waals surface area contributed by atoms with Crippen LogP contribution >= 0.6 is 0 Å². The fraction of sp³-hybridized carbons (Fsp3) is 0.133. The molecule has 0 aromatic heterocycles. The van der Waals surface area contributed by atoms with Gasteiger partial charge in [-0.05, 0) is 42.3 Å². The number of anilines is 2. The summed E-state index contributed by atoms with van der Waals surface area (Å²) in [5, 5.41) is 12.3. The van der Waals surface area contributed by atoms with E-state index in [2.05, 4.69) is 5.32 Å². The van der Waals surface area contributed by atoms with Crippen LogP contribution in [0.4, 0.5) is 15.8 Å². The predicted molar refractivity (Wildman–Crippen MR) is 76.3 cm³/mol. The molecule has 2 aromatic carbocycles. The summed E-state index contributed by atoms with van der Waals surface area (Å²) in [6.45, 7) is 1.97. The zero-order valence-corrected chi connectivity index (χ0v) is 11.0. The summed E-state index contributed by atoms with van der Waals surface area (Å²) in [5.41, 5.74) is 6.75. The zero-order valence-electron chi connectivity index (χ0n) is 11.0. The van der Waals surface area contributed by atoms with Gasteiger partial charge in [-0.25, -0.2) is 4.39 Å². The van der Waals surface area contributed by atoms with Crippen LogP contribution in [0.2, 0.25) is 0 Å². The minimum atomic E-state index is -0.649. The van der Waals surface area contributed by atoms with E-state index in [1.54, 1.807) is 12.1 Å². The minimum absolute atomic E-state index is 0.0163. The van der Waals surface area contributed by atoms with Crippen molar-refractivity contribution < 1.29 is 14.3 Å². The second kappa shape index (κ2) is 5.61. The monoisotopic (exact) mass is 274 g/mol. The molecule has 5 heteroatoms. The van der Waals surface area contributed by atoms with Crippen LogP contribution < -0.4 is 11.1 Å². The lowest BCUT2D eigenvalue weighted by atomic mass is 10.1. The molecule has 0 bridgehead atoms. The molecule has 4 N–H and O–H groups in total. The topological polar surface area (TPSA) is 75.3 Å². The lowest BCUT2D eigenvalue weighted by Gasteiger charge is -2.09. The standard InChI is InChI=1S/C15H15FN2O2/c1-2-9-3-6-14(19)13(7-9)18-15(20)10-4-5-12(17)11(16)8-10/h3-8,19H,2,17H2,1H3,(H,18,20). The Kier molecular flexibility index (Phi) is 3.89. The van der Waals surface area contributed by atoms with Crippen LogP contribution in [-0.2, 0) is 6.42 Å². The van der Waals surface area contributed by atoms with Gasteiger partial charge < -0.3 is 16.2 Å². The van der Waals surface area contributed by atoms with Gasteiger partial charge in [0.25, 0.3) is 5.91 Å². The Balaban J connectivity index is 2.25. The molecule has 2 rings (SSSR count). The second-order valence-electron chi connectivity index (χ2n) is 4.40. The van der Waals surface area contributed by atoms with E-state index in [0.717, 1.165) is 18.1 Å². The molecule has 0 aliphatic carbocycles. The van der Waals surface area contributed by atoms with Crippen molar-refractivity contribution in [3.05, 3.63) is 53.3 Å². The van der Waals surface area contributed by atoms with Gasteiger partial charge in [0, 0.05) is 5.56 Å². The number of aromatic hydroxyl groups is 1. The summed E-state index contributed by atoms with van der Waals surface area (Å²) in [5.74, 6) is -1.19. The van der Waals surface area contributed by atoms with Gasteiger partial charge >= 0.3 is 0 Å². The van der Waals surface area contributed by atoms with Crippen LogP contribution in [0.25, 0.3) is 0 Å². The third-order valence-electron chi connectivity index (χ3n) is 2.98. The Labute approximate surface area is 116 Å². The quantitative estimate of drug-likeness (QED) is 0.595. The number of amides is 1. The molecule has 104 valence electrons. The third-order valence-corrected chi connectivity index (χ3v) is 2.98. The van der Waals surface area contributed by atoms with Crippen molar-refractivity contribution in [1.29, 1.82) is 0 Å². The van der Waals surface area contributed by atoms with E-state index in [4.69, 9.17) is 5.73 Å². The summed E-state index contributed by atoms with van der Waals surface area (Å²) in [6.07, 6.45) is 0.777. The van der Waals surface area contributed by atoms with Crippen LogP contribution in [0.15, 0.2) is 36.4 Å². The van der Waals surface area contributed by atoms with Gasteiger partial charge in [-0.1, -0.05) is 13.0 Å². The summed E-state index contributed by atoms with van der Waals surface area (Å²) < 4.78 is 13.3. The molecular weight excluding hydrogens is 259 g/mol. The van der Waals surface area contributed by atoms with Crippen molar-refractivity contribution in [2.24, 2.45) is 0 Å². The van der Waals surface area contributed by atoms with Gasteiger partial charge in [-0.15, -0.1) is 0 Å². The predicted octanol–water partition coefficient (Wildman–Crippen LogP) is 2.93. The molecule has 0 fully saturated rings. The van der Waals surface area contributed by atoms with Crippen molar-refractivity contribution in [3.63, 3.8) is 0 Å². The number of hydrogen-bond acceptors (Lipinski definition) is 3. The van der Waals surface area contributed by atoms with E-state index in [1.807, 2.05) is 6.92 Å². The molecule has 4 nitrogen and oxygen atoms in total. The zero-order chi connectivity index (χ0) is 14.7. The SMILES string of the molecule is CCc1ccc(O)c(NC(=O)c2ccc(N)c(F)c2)c1. The van der Waals surface area contributed by atoms with Crippen molar-refractivity contribution in [3.8, 4) is 5.75 Å². The number of carbonyl (C=O) groups excluding carboxylic acids is 1. The first-order valence-corrected chi connectivity index (χ1v) is 6.19.